The minimum atomic E-state index is -0.874. The highest BCUT2D eigenvalue weighted by atomic mass is 35.5. The van der Waals surface area contributed by atoms with Crippen molar-refractivity contribution in [3.63, 3.8) is 0 Å². The number of rotatable bonds is 3. The lowest BCUT2D eigenvalue weighted by molar-refractivity contribution is -0.0734. The van der Waals surface area contributed by atoms with Crippen molar-refractivity contribution >= 4 is 23.2 Å². The van der Waals surface area contributed by atoms with Gasteiger partial charge in [0.2, 0.25) is 0 Å². The van der Waals surface area contributed by atoms with E-state index in [-0.39, 0.29) is 12.5 Å². The molecule has 1 aliphatic heterocycles. The molecule has 1 aliphatic rings. The van der Waals surface area contributed by atoms with E-state index in [1.165, 1.54) is 4.90 Å². The molecule has 1 saturated heterocycles. The van der Waals surface area contributed by atoms with Crippen LogP contribution in [0.15, 0.2) is 18.2 Å². The molecule has 2 rings (SSSR count). The van der Waals surface area contributed by atoms with Crippen LogP contribution in [0.5, 0.6) is 0 Å². The maximum Gasteiger partial charge on any atom is 0.253 e. The number of carbonyl (C=O) groups is 1. The number of nitrogens with two attached hydrogens (primary N) is 1. The summed E-state index contributed by atoms with van der Waals surface area (Å²) in [4.78, 5) is 13.8. The van der Waals surface area contributed by atoms with Crippen molar-refractivity contribution in [1.29, 1.82) is 0 Å². The van der Waals surface area contributed by atoms with E-state index in [4.69, 9.17) is 22.1 Å². The van der Waals surface area contributed by atoms with E-state index >= 15 is 0 Å². The number of aliphatic hydroxyl groups is 1. The van der Waals surface area contributed by atoms with Gasteiger partial charge in [-0.05, 0) is 18.2 Å². The number of amides is 1. The van der Waals surface area contributed by atoms with E-state index in [2.05, 4.69) is 0 Å². The third kappa shape index (κ3) is 3.42. The third-order valence-electron chi connectivity index (χ3n) is 3.54. The Balaban J connectivity index is 2.06. The summed E-state index contributed by atoms with van der Waals surface area (Å²) in [5, 5.41) is 10.8. The molecule has 3 N–H and O–H groups in total. The predicted molar refractivity (Wildman–Crippen MR) is 77.8 cm³/mol. The summed E-state index contributed by atoms with van der Waals surface area (Å²) in [5.74, 6) is -0.187. The standard InChI is InChI=1S/C14H19ClN2O3/c1-17(9-14(19)4-6-20-7-5-14)13(18)10-2-3-11(15)12(16)8-10/h2-3,8,19H,4-7,9,16H2,1H3. The minimum absolute atomic E-state index is 0.187. The molecule has 0 unspecified atom stereocenters. The first-order valence-electron chi connectivity index (χ1n) is 6.52. The number of hydrogen-bond acceptors (Lipinski definition) is 4. The average Bonchev–Trinajstić information content (AvgIpc) is 2.41. The molecule has 0 saturated carbocycles. The highest BCUT2D eigenvalue weighted by Gasteiger charge is 2.32. The van der Waals surface area contributed by atoms with Crippen LogP contribution in [0.3, 0.4) is 0 Å². The van der Waals surface area contributed by atoms with Crippen LogP contribution in [0.25, 0.3) is 0 Å². The first kappa shape index (κ1) is 15.1. The second-order valence-corrected chi connectivity index (χ2v) is 5.64. The zero-order chi connectivity index (χ0) is 14.8. The third-order valence-corrected chi connectivity index (χ3v) is 3.89. The van der Waals surface area contributed by atoms with Gasteiger partial charge in [-0.25, -0.2) is 0 Å². The molecule has 1 amide bonds. The van der Waals surface area contributed by atoms with Crippen molar-refractivity contribution in [2.24, 2.45) is 0 Å². The van der Waals surface area contributed by atoms with E-state index in [0.29, 0.717) is 42.3 Å². The lowest BCUT2D eigenvalue weighted by atomic mass is 9.93. The Hall–Kier alpha value is -1.30. The van der Waals surface area contributed by atoms with Gasteiger partial charge in [-0.1, -0.05) is 11.6 Å². The number of halogens is 1. The molecule has 20 heavy (non-hydrogen) atoms. The number of nitrogen functional groups attached to an aromatic ring is 1. The number of likely N-dealkylation sites (N-methyl/N-ethyl adjacent to an activating group) is 1. The quantitative estimate of drug-likeness (QED) is 0.830. The van der Waals surface area contributed by atoms with Crippen molar-refractivity contribution in [3.8, 4) is 0 Å². The van der Waals surface area contributed by atoms with Gasteiger partial charge in [-0.2, -0.15) is 0 Å². The number of ether oxygens (including phenoxy) is 1. The van der Waals surface area contributed by atoms with E-state index in [0.717, 1.165) is 0 Å². The fourth-order valence-electron chi connectivity index (χ4n) is 2.32. The highest BCUT2D eigenvalue weighted by molar-refractivity contribution is 6.33. The Morgan fingerprint density at radius 3 is 2.75 bits per heavy atom. The topological polar surface area (TPSA) is 75.8 Å². The molecule has 0 spiro atoms. The van der Waals surface area contributed by atoms with E-state index in [1.54, 1.807) is 25.2 Å². The van der Waals surface area contributed by atoms with Gasteiger partial charge in [0.25, 0.3) is 5.91 Å². The molecule has 0 radical (unpaired) electrons. The molecule has 1 fully saturated rings. The van der Waals surface area contributed by atoms with Gasteiger partial charge in [0.1, 0.15) is 0 Å². The van der Waals surface area contributed by atoms with Crippen LogP contribution in [-0.2, 0) is 4.74 Å². The Bertz CT molecular complexity index is 501. The number of anilines is 1. The zero-order valence-corrected chi connectivity index (χ0v) is 12.2. The molecule has 0 atom stereocenters. The van der Waals surface area contributed by atoms with Crippen LogP contribution in [0.2, 0.25) is 5.02 Å². The van der Waals surface area contributed by atoms with Crippen molar-refractivity contribution in [2.45, 2.75) is 18.4 Å². The second kappa shape index (κ2) is 5.99. The molecule has 6 heteroatoms. The molecule has 0 aliphatic carbocycles. The summed E-state index contributed by atoms with van der Waals surface area (Å²) in [5.41, 5.74) is 5.66. The van der Waals surface area contributed by atoms with E-state index < -0.39 is 5.60 Å². The average molecular weight is 299 g/mol. The Labute approximate surface area is 123 Å². The van der Waals surface area contributed by atoms with Crippen LogP contribution in [-0.4, -0.2) is 48.3 Å². The fraction of sp³-hybridized carbons (Fsp3) is 0.500. The van der Waals surface area contributed by atoms with Gasteiger partial charge in [-0.3, -0.25) is 4.79 Å². The van der Waals surface area contributed by atoms with Crippen molar-refractivity contribution in [3.05, 3.63) is 28.8 Å². The van der Waals surface area contributed by atoms with E-state index in [1.807, 2.05) is 0 Å². The monoisotopic (exact) mass is 298 g/mol. The first-order valence-corrected chi connectivity index (χ1v) is 6.90. The van der Waals surface area contributed by atoms with Crippen LogP contribution in [0, 0.1) is 0 Å². The summed E-state index contributed by atoms with van der Waals surface area (Å²) in [6.07, 6.45) is 1.07. The summed E-state index contributed by atoms with van der Waals surface area (Å²) in [6.45, 7) is 1.32. The second-order valence-electron chi connectivity index (χ2n) is 5.23. The predicted octanol–water partition coefficient (Wildman–Crippen LogP) is 1.54. The smallest absolute Gasteiger partial charge is 0.253 e. The lowest BCUT2D eigenvalue weighted by Crippen LogP contribution is -2.47. The Morgan fingerprint density at radius 2 is 2.15 bits per heavy atom. The molecule has 5 nitrogen and oxygen atoms in total. The van der Waals surface area contributed by atoms with Crippen LogP contribution in [0.1, 0.15) is 23.2 Å². The van der Waals surface area contributed by atoms with Crippen molar-refractivity contribution < 1.29 is 14.6 Å². The highest BCUT2D eigenvalue weighted by Crippen LogP contribution is 2.23. The number of carbonyl (C=O) groups excluding carboxylic acids is 1. The zero-order valence-electron chi connectivity index (χ0n) is 11.4. The molecule has 0 bridgehead atoms. The molecule has 1 aromatic rings. The molecule has 0 aromatic heterocycles. The van der Waals surface area contributed by atoms with E-state index in [9.17, 15) is 9.90 Å². The Morgan fingerprint density at radius 1 is 1.50 bits per heavy atom. The van der Waals surface area contributed by atoms with Gasteiger partial charge in [0, 0.05) is 45.2 Å². The lowest BCUT2D eigenvalue weighted by Gasteiger charge is -2.35. The van der Waals surface area contributed by atoms with Gasteiger partial charge >= 0.3 is 0 Å². The maximum atomic E-state index is 12.3. The number of nitrogens with zero attached hydrogens (tertiary/aromatic N) is 1. The van der Waals surface area contributed by atoms with Gasteiger partial charge < -0.3 is 20.5 Å². The Kier molecular flexibility index (Phi) is 4.52. The number of hydrogen-bond donors (Lipinski definition) is 2. The first-order chi connectivity index (χ1) is 9.41. The van der Waals surface area contributed by atoms with Crippen LogP contribution in [0.4, 0.5) is 5.69 Å². The van der Waals surface area contributed by atoms with Crippen molar-refractivity contribution in [1.82, 2.24) is 4.90 Å². The fourth-order valence-corrected chi connectivity index (χ4v) is 2.44. The van der Waals surface area contributed by atoms with Crippen LogP contribution >= 0.6 is 11.6 Å². The molecule has 1 heterocycles. The summed E-state index contributed by atoms with van der Waals surface area (Å²) >= 11 is 5.84. The van der Waals surface area contributed by atoms with Crippen molar-refractivity contribution in [2.75, 3.05) is 32.5 Å². The summed E-state index contributed by atoms with van der Waals surface area (Å²) < 4.78 is 5.23. The normalized spacial score (nSPS) is 17.8. The largest absolute Gasteiger partial charge is 0.398 e. The van der Waals surface area contributed by atoms with Crippen LogP contribution < -0.4 is 5.73 Å². The molecule has 110 valence electrons. The SMILES string of the molecule is CN(CC1(O)CCOCC1)C(=O)c1ccc(Cl)c(N)c1. The molecular weight excluding hydrogens is 280 g/mol. The maximum absolute atomic E-state index is 12.3. The molecular formula is C14H19ClN2O3. The minimum Gasteiger partial charge on any atom is -0.398 e. The summed E-state index contributed by atoms with van der Waals surface area (Å²) in [7, 11) is 1.67. The molecule has 1 aromatic carbocycles. The van der Waals surface area contributed by atoms with Gasteiger partial charge in [0.15, 0.2) is 0 Å². The number of benzene rings is 1. The van der Waals surface area contributed by atoms with Gasteiger partial charge in [0.05, 0.1) is 16.3 Å². The van der Waals surface area contributed by atoms with Gasteiger partial charge in [-0.15, -0.1) is 0 Å². The summed E-state index contributed by atoms with van der Waals surface area (Å²) in [6, 6.07) is 4.78.